The van der Waals surface area contributed by atoms with Gasteiger partial charge in [-0.25, -0.2) is 0 Å². The molecule has 5 heteroatoms. The van der Waals surface area contributed by atoms with Crippen LogP contribution in [0.2, 0.25) is 0 Å². The molecule has 1 aliphatic rings. The quantitative estimate of drug-likeness (QED) is 0.306. The summed E-state index contributed by atoms with van der Waals surface area (Å²) in [5.41, 5.74) is -1.13. The molecule has 1 saturated carbocycles. The molecule has 19 heavy (non-hydrogen) atoms. The number of rotatable bonds is 7. The number of unbranched alkanes of at least 4 members (excludes halogenated alkanes) is 2. The van der Waals surface area contributed by atoms with Crippen LogP contribution in [0.4, 0.5) is 0 Å². The van der Waals surface area contributed by atoms with Crippen molar-refractivity contribution < 1.29 is 23.9 Å². The minimum absolute atomic E-state index is 0.0425. The van der Waals surface area contributed by atoms with Crippen molar-refractivity contribution >= 4 is 18.2 Å². The Labute approximate surface area is 113 Å². The van der Waals surface area contributed by atoms with Crippen LogP contribution in [0.15, 0.2) is 0 Å². The molecular weight excluding hydrogens is 248 g/mol. The van der Waals surface area contributed by atoms with E-state index in [9.17, 15) is 14.4 Å². The zero-order chi connectivity index (χ0) is 14.3. The van der Waals surface area contributed by atoms with Crippen LogP contribution in [0.1, 0.15) is 44.9 Å². The van der Waals surface area contributed by atoms with E-state index in [2.05, 4.69) is 0 Å². The van der Waals surface area contributed by atoms with Gasteiger partial charge in [0.05, 0.1) is 14.2 Å². The number of esters is 2. The lowest BCUT2D eigenvalue weighted by atomic mass is 9.75. The van der Waals surface area contributed by atoms with E-state index in [1.165, 1.54) is 14.2 Å². The first-order valence-electron chi connectivity index (χ1n) is 6.74. The summed E-state index contributed by atoms with van der Waals surface area (Å²) in [6, 6.07) is 0. The number of carbonyl (C=O) groups is 3. The number of hydrogen-bond donors (Lipinski definition) is 0. The largest absolute Gasteiger partial charge is 0.468 e. The first kappa shape index (κ1) is 15.7. The molecule has 0 spiro atoms. The van der Waals surface area contributed by atoms with E-state index >= 15 is 0 Å². The van der Waals surface area contributed by atoms with Gasteiger partial charge < -0.3 is 14.3 Å². The summed E-state index contributed by atoms with van der Waals surface area (Å²) in [4.78, 5) is 34.4. The molecule has 1 atom stereocenters. The van der Waals surface area contributed by atoms with Gasteiger partial charge in [-0.3, -0.25) is 9.59 Å². The van der Waals surface area contributed by atoms with E-state index in [4.69, 9.17) is 9.47 Å². The summed E-state index contributed by atoms with van der Waals surface area (Å²) in [5.74, 6) is -1.02. The Morgan fingerprint density at radius 3 is 2.37 bits per heavy atom. The fourth-order valence-electron chi connectivity index (χ4n) is 3.07. The minimum atomic E-state index is -1.13. The Bertz CT molecular complexity index is 321. The van der Waals surface area contributed by atoms with Crippen molar-refractivity contribution in [1.29, 1.82) is 0 Å². The van der Waals surface area contributed by atoms with Crippen LogP contribution in [0.5, 0.6) is 0 Å². The molecule has 0 amide bonds. The van der Waals surface area contributed by atoms with Crippen LogP contribution >= 0.6 is 0 Å². The van der Waals surface area contributed by atoms with Gasteiger partial charge in [-0.05, 0) is 31.6 Å². The molecule has 1 unspecified atom stereocenters. The highest BCUT2D eigenvalue weighted by atomic mass is 16.5. The molecule has 108 valence electrons. The van der Waals surface area contributed by atoms with Crippen LogP contribution in [0.25, 0.3) is 0 Å². The van der Waals surface area contributed by atoms with Crippen molar-refractivity contribution in [2.75, 3.05) is 14.2 Å². The van der Waals surface area contributed by atoms with E-state index in [1.54, 1.807) is 0 Å². The van der Waals surface area contributed by atoms with Gasteiger partial charge in [-0.15, -0.1) is 0 Å². The second-order valence-corrected chi connectivity index (χ2v) is 4.99. The maximum Gasteiger partial charge on any atom is 0.323 e. The standard InChI is InChI=1S/C14H22O5/c1-18-12(16)14(13(17)19-2)9-6-8-11(14)7-4-3-5-10-15/h10-11H,3-9H2,1-2H3. The van der Waals surface area contributed by atoms with Crippen LogP contribution in [0.3, 0.4) is 0 Å². The summed E-state index contributed by atoms with van der Waals surface area (Å²) in [6.45, 7) is 0. The highest BCUT2D eigenvalue weighted by Crippen LogP contribution is 2.47. The Balaban J connectivity index is 2.79. The fraction of sp³-hybridized carbons (Fsp3) is 0.786. The van der Waals surface area contributed by atoms with Gasteiger partial charge in [0, 0.05) is 6.42 Å². The summed E-state index contributed by atoms with van der Waals surface area (Å²) in [5, 5.41) is 0. The summed E-state index contributed by atoms with van der Waals surface area (Å²) >= 11 is 0. The molecule has 1 aliphatic carbocycles. The molecule has 1 rings (SSSR count). The van der Waals surface area contributed by atoms with Crippen molar-refractivity contribution in [3.8, 4) is 0 Å². The zero-order valence-corrected chi connectivity index (χ0v) is 11.6. The molecule has 0 aromatic carbocycles. The number of methoxy groups -OCH3 is 2. The molecule has 0 saturated heterocycles. The van der Waals surface area contributed by atoms with Gasteiger partial charge in [0.15, 0.2) is 5.41 Å². The lowest BCUT2D eigenvalue weighted by Crippen LogP contribution is -2.44. The summed E-state index contributed by atoms with van der Waals surface area (Å²) in [7, 11) is 2.60. The van der Waals surface area contributed by atoms with Crippen molar-refractivity contribution in [1.82, 2.24) is 0 Å². The van der Waals surface area contributed by atoms with E-state index < -0.39 is 17.4 Å². The van der Waals surface area contributed by atoms with Gasteiger partial charge >= 0.3 is 11.9 Å². The molecule has 0 bridgehead atoms. The number of ether oxygens (including phenoxy) is 2. The predicted molar refractivity (Wildman–Crippen MR) is 68.3 cm³/mol. The molecule has 1 fully saturated rings. The van der Waals surface area contributed by atoms with Gasteiger partial charge in [-0.1, -0.05) is 12.8 Å². The van der Waals surface area contributed by atoms with Crippen molar-refractivity contribution in [3.63, 3.8) is 0 Å². The second kappa shape index (κ2) is 7.26. The number of aldehydes is 1. The smallest absolute Gasteiger partial charge is 0.323 e. The third-order valence-corrected chi connectivity index (χ3v) is 4.04. The maximum absolute atomic E-state index is 12.1. The molecule has 0 aromatic heterocycles. The Kier molecular flexibility index (Phi) is 5.99. The van der Waals surface area contributed by atoms with Gasteiger partial charge in [0.25, 0.3) is 0 Å². The molecule has 0 N–H and O–H groups in total. The number of carbonyl (C=O) groups excluding carboxylic acids is 3. The Hall–Kier alpha value is -1.39. The van der Waals surface area contributed by atoms with Crippen LogP contribution in [-0.2, 0) is 23.9 Å². The molecule has 0 aromatic rings. The lowest BCUT2D eigenvalue weighted by Gasteiger charge is -2.29. The fourth-order valence-corrected chi connectivity index (χ4v) is 3.07. The van der Waals surface area contributed by atoms with E-state index in [0.29, 0.717) is 12.8 Å². The summed E-state index contributed by atoms with van der Waals surface area (Å²) in [6.07, 6.45) is 5.92. The van der Waals surface area contributed by atoms with Gasteiger partial charge in [-0.2, -0.15) is 0 Å². The first-order chi connectivity index (χ1) is 9.13. The van der Waals surface area contributed by atoms with Gasteiger partial charge in [0.1, 0.15) is 6.29 Å². The second-order valence-electron chi connectivity index (χ2n) is 4.99. The average molecular weight is 270 g/mol. The molecular formula is C14H22O5. The van der Waals surface area contributed by atoms with E-state index in [0.717, 1.165) is 38.4 Å². The molecule has 0 heterocycles. The van der Waals surface area contributed by atoms with Crippen molar-refractivity contribution in [2.24, 2.45) is 11.3 Å². The molecule has 5 nitrogen and oxygen atoms in total. The monoisotopic (exact) mass is 270 g/mol. The van der Waals surface area contributed by atoms with Crippen molar-refractivity contribution in [3.05, 3.63) is 0 Å². The van der Waals surface area contributed by atoms with Crippen molar-refractivity contribution in [2.45, 2.75) is 44.9 Å². The highest BCUT2D eigenvalue weighted by molar-refractivity contribution is 6.00. The summed E-state index contributed by atoms with van der Waals surface area (Å²) < 4.78 is 9.64. The maximum atomic E-state index is 12.1. The van der Waals surface area contributed by atoms with Crippen LogP contribution in [-0.4, -0.2) is 32.4 Å². The highest BCUT2D eigenvalue weighted by Gasteiger charge is 2.56. The third-order valence-electron chi connectivity index (χ3n) is 4.04. The molecule has 0 aliphatic heterocycles. The Morgan fingerprint density at radius 2 is 1.84 bits per heavy atom. The topological polar surface area (TPSA) is 69.7 Å². The Morgan fingerprint density at radius 1 is 1.21 bits per heavy atom. The third kappa shape index (κ3) is 3.14. The van der Waals surface area contributed by atoms with Crippen LogP contribution in [0, 0.1) is 11.3 Å². The van der Waals surface area contributed by atoms with E-state index in [1.807, 2.05) is 0 Å². The lowest BCUT2D eigenvalue weighted by molar-refractivity contribution is -0.172. The van der Waals surface area contributed by atoms with Gasteiger partial charge in [0.2, 0.25) is 0 Å². The average Bonchev–Trinajstić information content (AvgIpc) is 2.86. The molecule has 0 radical (unpaired) electrons. The predicted octanol–water partition coefficient (Wildman–Crippen LogP) is 1.88. The SMILES string of the molecule is COC(=O)C1(C(=O)OC)CCCC1CCCCC=O. The first-order valence-corrected chi connectivity index (χ1v) is 6.74. The normalized spacial score (nSPS) is 20.8. The zero-order valence-electron chi connectivity index (χ0n) is 11.6. The minimum Gasteiger partial charge on any atom is -0.468 e. The van der Waals surface area contributed by atoms with Crippen LogP contribution < -0.4 is 0 Å². The van der Waals surface area contributed by atoms with E-state index in [-0.39, 0.29) is 5.92 Å². The number of hydrogen-bond acceptors (Lipinski definition) is 5.